The van der Waals surface area contributed by atoms with Crippen molar-refractivity contribution in [3.05, 3.63) is 83.9 Å². The van der Waals surface area contributed by atoms with Crippen LogP contribution in [0.25, 0.3) is 0 Å². The molecule has 2 amide bonds. The summed E-state index contributed by atoms with van der Waals surface area (Å²) in [5.74, 6) is 0.0814. The number of rotatable bonds is 9. The van der Waals surface area contributed by atoms with Crippen LogP contribution in [0, 0.1) is 0 Å². The number of nitrogens with one attached hydrogen (secondary N) is 1. The lowest BCUT2D eigenvalue weighted by atomic mass is 10.1. The van der Waals surface area contributed by atoms with Crippen LogP contribution in [0.5, 0.6) is 11.5 Å². The van der Waals surface area contributed by atoms with Gasteiger partial charge in [-0.2, -0.15) is 13.2 Å². The first-order valence-corrected chi connectivity index (χ1v) is 12.4. The third-order valence-corrected chi connectivity index (χ3v) is 6.69. The van der Waals surface area contributed by atoms with Crippen LogP contribution >= 0.6 is 12.2 Å². The van der Waals surface area contributed by atoms with Gasteiger partial charge in [-0.3, -0.25) is 14.5 Å². The highest BCUT2D eigenvalue weighted by atomic mass is 32.1. The molecule has 1 saturated heterocycles. The van der Waals surface area contributed by atoms with Crippen molar-refractivity contribution in [2.45, 2.75) is 25.1 Å². The Kier molecular flexibility index (Phi) is 8.39. The molecule has 0 saturated carbocycles. The molecule has 1 unspecified atom stereocenters. The van der Waals surface area contributed by atoms with Crippen molar-refractivity contribution < 1.29 is 32.2 Å². The van der Waals surface area contributed by atoms with Crippen LogP contribution in [-0.4, -0.2) is 48.6 Å². The Hall–Kier alpha value is -4.12. The van der Waals surface area contributed by atoms with E-state index in [0.717, 1.165) is 22.6 Å². The minimum Gasteiger partial charge on any atom is -0.493 e. The van der Waals surface area contributed by atoms with E-state index >= 15 is 0 Å². The van der Waals surface area contributed by atoms with E-state index < -0.39 is 29.6 Å². The van der Waals surface area contributed by atoms with Crippen LogP contribution in [0.2, 0.25) is 0 Å². The van der Waals surface area contributed by atoms with Gasteiger partial charge in [0.25, 0.3) is 5.91 Å². The number of carbonyl (C=O) groups excluding carboxylic acids is 2. The van der Waals surface area contributed by atoms with Gasteiger partial charge >= 0.3 is 6.18 Å². The number of hydrogen-bond acceptors (Lipinski definition) is 5. The quantitative estimate of drug-likeness (QED) is 0.361. The van der Waals surface area contributed by atoms with E-state index in [0.29, 0.717) is 23.6 Å². The topological polar surface area (TPSA) is 71.1 Å². The monoisotopic (exact) mass is 557 g/mol. The van der Waals surface area contributed by atoms with E-state index in [1.165, 1.54) is 26.4 Å². The summed E-state index contributed by atoms with van der Waals surface area (Å²) in [5, 5.41) is 2.78. The lowest BCUT2D eigenvalue weighted by molar-refractivity contribution is -0.137. The number of carbonyl (C=O) groups is 2. The average molecular weight is 558 g/mol. The Morgan fingerprint density at radius 1 is 0.974 bits per heavy atom. The zero-order valence-electron chi connectivity index (χ0n) is 21.2. The van der Waals surface area contributed by atoms with Crippen molar-refractivity contribution in [1.82, 2.24) is 4.90 Å². The summed E-state index contributed by atoms with van der Waals surface area (Å²) < 4.78 is 50.8. The highest BCUT2D eigenvalue weighted by Gasteiger charge is 2.44. The molecular weight excluding hydrogens is 531 g/mol. The molecule has 1 aliphatic heterocycles. The lowest BCUT2D eigenvalue weighted by Crippen LogP contribution is -2.39. The van der Waals surface area contributed by atoms with Crippen molar-refractivity contribution >= 4 is 40.5 Å². The van der Waals surface area contributed by atoms with Crippen molar-refractivity contribution in [2.75, 3.05) is 31.0 Å². The Morgan fingerprint density at radius 2 is 1.69 bits per heavy atom. The second-order valence-electron chi connectivity index (χ2n) is 8.77. The van der Waals surface area contributed by atoms with Gasteiger partial charge in [-0.1, -0.05) is 30.3 Å². The SMILES string of the molecule is COc1ccc(CCN2C(=S)N(c3cccc(C(F)(F)F)c3)C(=O)C2CC(=O)Nc2ccccc2)cc1OC. The first-order valence-electron chi connectivity index (χ1n) is 12.0. The van der Waals surface area contributed by atoms with Gasteiger partial charge in [-0.25, -0.2) is 0 Å². The molecule has 0 aromatic heterocycles. The number of alkyl halides is 3. The number of para-hydroxylation sites is 1. The molecule has 4 rings (SSSR count). The maximum Gasteiger partial charge on any atom is 0.416 e. The fourth-order valence-corrected chi connectivity index (χ4v) is 4.76. The fourth-order valence-electron chi connectivity index (χ4n) is 4.34. The van der Waals surface area contributed by atoms with Gasteiger partial charge in [0.05, 0.1) is 31.9 Å². The van der Waals surface area contributed by atoms with Crippen LogP contribution in [0.15, 0.2) is 72.8 Å². The van der Waals surface area contributed by atoms with Crippen LogP contribution < -0.4 is 19.7 Å². The number of thiocarbonyl (C=S) groups is 1. The number of benzene rings is 3. The number of anilines is 2. The predicted octanol–water partition coefficient (Wildman–Crippen LogP) is 5.30. The molecule has 1 N–H and O–H groups in total. The first-order chi connectivity index (χ1) is 18.6. The minimum atomic E-state index is -4.59. The maximum absolute atomic E-state index is 13.6. The van der Waals surface area contributed by atoms with E-state index in [4.69, 9.17) is 21.7 Å². The van der Waals surface area contributed by atoms with E-state index in [-0.39, 0.29) is 23.8 Å². The molecule has 1 fully saturated rings. The Labute approximate surface area is 229 Å². The average Bonchev–Trinajstić information content (AvgIpc) is 3.15. The first kappa shape index (κ1) is 27.9. The van der Waals surface area contributed by atoms with Crippen LogP contribution in [0.3, 0.4) is 0 Å². The molecule has 3 aromatic rings. The number of methoxy groups -OCH3 is 2. The van der Waals surface area contributed by atoms with Gasteiger partial charge in [-0.05, 0) is 66.7 Å². The van der Waals surface area contributed by atoms with Crippen molar-refractivity contribution in [3.63, 3.8) is 0 Å². The molecule has 1 atom stereocenters. The molecule has 1 aliphatic rings. The van der Waals surface area contributed by atoms with E-state index in [1.807, 2.05) is 6.07 Å². The number of ether oxygens (including phenoxy) is 2. The fraction of sp³-hybridized carbons (Fsp3) is 0.250. The van der Waals surface area contributed by atoms with Crippen molar-refractivity contribution in [2.24, 2.45) is 0 Å². The summed E-state index contributed by atoms with van der Waals surface area (Å²) in [6, 6.07) is 17.5. The van der Waals surface area contributed by atoms with Gasteiger partial charge in [0.2, 0.25) is 5.91 Å². The van der Waals surface area contributed by atoms with Crippen molar-refractivity contribution in [3.8, 4) is 11.5 Å². The summed E-state index contributed by atoms with van der Waals surface area (Å²) in [5.41, 5.74) is 0.495. The van der Waals surface area contributed by atoms with Gasteiger partial charge in [0.15, 0.2) is 16.6 Å². The molecule has 39 heavy (non-hydrogen) atoms. The molecule has 7 nitrogen and oxygen atoms in total. The summed E-state index contributed by atoms with van der Waals surface area (Å²) in [4.78, 5) is 29.1. The standard InChI is InChI=1S/C28H26F3N3O4S/c1-37-23-12-11-18(15-24(23)38-2)13-14-33-22(17-25(35)32-20-8-4-3-5-9-20)26(36)34(27(33)39)21-10-6-7-19(16-21)28(29,30)31/h3-12,15-16,22H,13-14,17H2,1-2H3,(H,32,35). The Morgan fingerprint density at radius 3 is 2.36 bits per heavy atom. The molecule has 11 heteroatoms. The second kappa shape index (κ2) is 11.7. The number of halogens is 3. The summed E-state index contributed by atoms with van der Waals surface area (Å²) >= 11 is 5.59. The Balaban J connectivity index is 1.61. The highest BCUT2D eigenvalue weighted by Crippen LogP contribution is 2.34. The smallest absolute Gasteiger partial charge is 0.416 e. The van der Waals surface area contributed by atoms with Gasteiger partial charge in [0, 0.05) is 12.2 Å². The molecule has 3 aromatic carbocycles. The molecular formula is C28H26F3N3O4S. The molecule has 1 heterocycles. The van der Waals surface area contributed by atoms with Gasteiger partial charge in [0.1, 0.15) is 6.04 Å². The zero-order chi connectivity index (χ0) is 28.2. The number of amides is 2. The minimum absolute atomic E-state index is 0.0121. The summed E-state index contributed by atoms with van der Waals surface area (Å²) in [6.07, 6.45) is -4.42. The van der Waals surface area contributed by atoms with E-state index in [1.54, 1.807) is 47.4 Å². The zero-order valence-corrected chi connectivity index (χ0v) is 22.0. The molecule has 204 valence electrons. The van der Waals surface area contributed by atoms with Crippen LogP contribution in [0.1, 0.15) is 17.5 Å². The van der Waals surface area contributed by atoms with E-state index in [2.05, 4.69) is 5.32 Å². The van der Waals surface area contributed by atoms with Crippen LogP contribution in [0.4, 0.5) is 24.5 Å². The molecule has 0 spiro atoms. The number of hydrogen-bond donors (Lipinski definition) is 1. The largest absolute Gasteiger partial charge is 0.493 e. The summed E-state index contributed by atoms with van der Waals surface area (Å²) in [6.45, 7) is 0.235. The normalized spacial score (nSPS) is 15.5. The lowest BCUT2D eigenvalue weighted by Gasteiger charge is -2.24. The van der Waals surface area contributed by atoms with Gasteiger partial charge in [-0.15, -0.1) is 0 Å². The molecule has 0 aliphatic carbocycles. The third kappa shape index (κ3) is 6.31. The highest BCUT2D eigenvalue weighted by molar-refractivity contribution is 7.80. The molecule has 0 radical (unpaired) electrons. The molecule has 0 bridgehead atoms. The van der Waals surface area contributed by atoms with E-state index in [9.17, 15) is 22.8 Å². The maximum atomic E-state index is 13.6. The predicted molar refractivity (Wildman–Crippen MR) is 145 cm³/mol. The van der Waals surface area contributed by atoms with Crippen molar-refractivity contribution in [1.29, 1.82) is 0 Å². The Bertz CT molecular complexity index is 1370. The third-order valence-electron chi connectivity index (χ3n) is 6.28. The second-order valence-corrected chi connectivity index (χ2v) is 9.14. The van der Waals surface area contributed by atoms with Crippen LogP contribution in [-0.2, 0) is 22.2 Å². The number of nitrogens with zero attached hydrogens (tertiary/aromatic N) is 2. The van der Waals surface area contributed by atoms with Gasteiger partial charge < -0.3 is 19.7 Å². The summed E-state index contributed by atoms with van der Waals surface area (Å²) in [7, 11) is 3.05.